The summed E-state index contributed by atoms with van der Waals surface area (Å²) in [6.07, 6.45) is 1.29. The van der Waals surface area contributed by atoms with Gasteiger partial charge >= 0.3 is 0 Å². The summed E-state index contributed by atoms with van der Waals surface area (Å²) in [6.45, 7) is 7.85. The summed E-state index contributed by atoms with van der Waals surface area (Å²) in [5.74, 6) is 0.788. The molecule has 0 saturated carbocycles. The molecule has 88 valence electrons. The molecule has 0 spiro atoms. The van der Waals surface area contributed by atoms with Gasteiger partial charge in [-0.2, -0.15) is 0 Å². The van der Waals surface area contributed by atoms with Gasteiger partial charge in [-0.3, -0.25) is 0 Å². The van der Waals surface area contributed by atoms with Crippen molar-refractivity contribution >= 4 is 5.69 Å². The van der Waals surface area contributed by atoms with Gasteiger partial charge in [-0.15, -0.1) is 0 Å². The highest BCUT2D eigenvalue weighted by Crippen LogP contribution is 2.32. The summed E-state index contributed by atoms with van der Waals surface area (Å²) in [6, 6.07) is 9.28. The van der Waals surface area contributed by atoms with Crippen molar-refractivity contribution in [2.24, 2.45) is 11.7 Å². The fraction of sp³-hybridized carbons (Fsp3) is 0.571. The van der Waals surface area contributed by atoms with Gasteiger partial charge in [0.2, 0.25) is 0 Å². The van der Waals surface area contributed by atoms with Crippen LogP contribution >= 0.6 is 0 Å². The minimum Gasteiger partial charge on any atom is -0.368 e. The molecule has 2 N–H and O–H groups in total. The lowest BCUT2D eigenvalue weighted by Gasteiger charge is -2.27. The number of hydrogen-bond acceptors (Lipinski definition) is 2. The van der Waals surface area contributed by atoms with E-state index in [4.69, 9.17) is 5.73 Å². The molecule has 0 aromatic heterocycles. The smallest absolute Gasteiger partial charge is 0.0417 e. The van der Waals surface area contributed by atoms with Crippen LogP contribution in [0.2, 0.25) is 0 Å². The fourth-order valence-corrected chi connectivity index (χ4v) is 2.77. The van der Waals surface area contributed by atoms with Crippen LogP contribution in [0.25, 0.3) is 0 Å². The number of benzene rings is 1. The molecule has 1 saturated heterocycles. The van der Waals surface area contributed by atoms with Crippen LogP contribution in [0.15, 0.2) is 24.3 Å². The van der Waals surface area contributed by atoms with Crippen molar-refractivity contribution in [2.45, 2.75) is 39.3 Å². The molecule has 1 aromatic carbocycles. The summed E-state index contributed by atoms with van der Waals surface area (Å²) in [5.41, 5.74) is 8.63. The van der Waals surface area contributed by atoms with Crippen LogP contribution in [0.5, 0.6) is 0 Å². The second-order valence-corrected chi connectivity index (χ2v) is 5.19. The molecule has 0 aliphatic carbocycles. The molecule has 0 radical (unpaired) electrons. The van der Waals surface area contributed by atoms with E-state index < -0.39 is 0 Å². The third-order valence-electron chi connectivity index (χ3n) is 3.52. The Bertz CT molecular complexity index is 360. The summed E-state index contributed by atoms with van der Waals surface area (Å²) in [5, 5.41) is 0. The molecule has 1 heterocycles. The second-order valence-electron chi connectivity index (χ2n) is 5.19. The molecule has 0 bridgehead atoms. The topological polar surface area (TPSA) is 29.3 Å². The van der Waals surface area contributed by atoms with Gasteiger partial charge in [-0.05, 0) is 37.8 Å². The molecule has 2 nitrogen and oxygen atoms in total. The molecule has 0 amide bonds. The van der Waals surface area contributed by atoms with Crippen molar-refractivity contribution in [3.63, 3.8) is 0 Å². The molecule has 2 heteroatoms. The van der Waals surface area contributed by atoms with E-state index in [1.807, 2.05) is 0 Å². The molecular weight excluding hydrogens is 196 g/mol. The normalized spacial score (nSPS) is 27.1. The Morgan fingerprint density at radius 1 is 1.31 bits per heavy atom. The number of rotatable bonds is 2. The predicted molar refractivity (Wildman–Crippen MR) is 69.6 cm³/mol. The van der Waals surface area contributed by atoms with Crippen LogP contribution in [-0.4, -0.2) is 12.6 Å². The molecule has 2 rings (SSSR count). The standard InChI is InChI=1S/C14H22N2/c1-10-8-11(2)16(9-10)14-7-5-4-6-13(14)12(3)15/h4-7,10-12H,8-9,15H2,1-3H3/t10?,11?,12-/m1/s1. The molecular formula is C14H22N2. The number of anilines is 1. The molecule has 1 aliphatic heterocycles. The first-order valence-electron chi connectivity index (χ1n) is 6.20. The van der Waals surface area contributed by atoms with Gasteiger partial charge in [0.1, 0.15) is 0 Å². The summed E-state index contributed by atoms with van der Waals surface area (Å²) in [4.78, 5) is 2.50. The van der Waals surface area contributed by atoms with Gasteiger partial charge in [0.25, 0.3) is 0 Å². The lowest BCUT2D eigenvalue weighted by atomic mass is 10.1. The summed E-state index contributed by atoms with van der Waals surface area (Å²) < 4.78 is 0. The Labute approximate surface area is 98.4 Å². The quantitative estimate of drug-likeness (QED) is 0.827. The maximum Gasteiger partial charge on any atom is 0.0417 e. The zero-order chi connectivity index (χ0) is 11.7. The first-order valence-corrected chi connectivity index (χ1v) is 6.20. The zero-order valence-corrected chi connectivity index (χ0v) is 10.5. The van der Waals surface area contributed by atoms with E-state index in [1.54, 1.807) is 0 Å². The Balaban J connectivity index is 2.33. The highest BCUT2D eigenvalue weighted by atomic mass is 15.2. The minimum atomic E-state index is 0.110. The van der Waals surface area contributed by atoms with Gasteiger partial charge in [0.15, 0.2) is 0 Å². The van der Waals surface area contributed by atoms with Crippen LogP contribution in [-0.2, 0) is 0 Å². The van der Waals surface area contributed by atoms with Crippen LogP contribution in [0.1, 0.15) is 38.8 Å². The van der Waals surface area contributed by atoms with Crippen molar-refractivity contribution in [3.05, 3.63) is 29.8 Å². The zero-order valence-electron chi connectivity index (χ0n) is 10.5. The van der Waals surface area contributed by atoms with Crippen LogP contribution in [0, 0.1) is 5.92 Å². The Hall–Kier alpha value is -1.02. The highest BCUT2D eigenvalue weighted by molar-refractivity contribution is 5.56. The Kier molecular flexibility index (Phi) is 3.20. The van der Waals surface area contributed by atoms with E-state index in [-0.39, 0.29) is 6.04 Å². The number of para-hydroxylation sites is 1. The van der Waals surface area contributed by atoms with Gasteiger partial charge in [0, 0.05) is 24.3 Å². The SMILES string of the molecule is CC1CC(C)N(c2ccccc2[C@@H](C)N)C1. The monoisotopic (exact) mass is 218 g/mol. The first kappa shape index (κ1) is 11.5. The van der Waals surface area contributed by atoms with Crippen molar-refractivity contribution in [2.75, 3.05) is 11.4 Å². The number of nitrogens with two attached hydrogens (primary N) is 1. The van der Waals surface area contributed by atoms with E-state index in [2.05, 4.69) is 49.9 Å². The third kappa shape index (κ3) is 2.07. The van der Waals surface area contributed by atoms with E-state index in [1.165, 1.54) is 17.7 Å². The molecule has 2 unspecified atom stereocenters. The largest absolute Gasteiger partial charge is 0.368 e. The van der Waals surface area contributed by atoms with Crippen LogP contribution < -0.4 is 10.6 Å². The van der Waals surface area contributed by atoms with Gasteiger partial charge in [-0.1, -0.05) is 25.1 Å². The molecule has 1 fully saturated rings. The summed E-state index contributed by atoms with van der Waals surface area (Å²) in [7, 11) is 0. The van der Waals surface area contributed by atoms with Crippen LogP contribution in [0.4, 0.5) is 5.69 Å². The van der Waals surface area contributed by atoms with Crippen molar-refractivity contribution < 1.29 is 0 Å². The molecule has 1 aliphatic rings. The summed E-state index contributed by atoms with van der Waals surface area (Å²) >= 11 is 0. The van der Waals surface area contributed by atoms with E-state index in [0.717, 1.165) is 12.5 Å². The van der Waals surface area contributed by atoms with Gasteiger partial charge in [-0.25, -0.2) is 0 Å². The van der Waals surface area contributed by atoms with Gasteiger partial charge < -0.3 is 10.6 Å². The van der Waals surface area contributed by atoms with Crippen molar-refractivity contribution in [1.82, 2.24) is 0 Å². The predicted octanol–water partition coefficient (Wildman–Crippen LogP) is 2.94. The average molecular weight is 218 g/mol. The van der Waals surface area contributed by atoms with Crippen LogP contribution in [0.3, 0.4) is 0 Å². The molecule has 1 aromatic rings. The highest BCUT2D eigenvalue weighted by Gasteiger charge is 2.27. The Morgan fingerprint density at radius 2 is 2.00 bits per heavy atom. The third-order valence-corrected chi connectivity index (χ3v) is 3.52. The number of hydrogen-bond donors (Lipinski definition) is 1. The Morgan fingerprint density at radius 3 is 2.56 bits per heavy atom. The van der Waals surface area contributed by atoms with Crippen molar-refractivity contribution in [1.29, 1.82) is 0 Å². The molecule has 3 atom stereocenters. The van der Waals surface area contributed by atoms with Crippen molar-refractivity contribution in [3.8, 4) is 0 Å². The van der Waals surface area contributed by atoms with E-state index >= 15 is 0 Å². The van der Waals surface area contributed by atoms with Gasteiger partial charge in [0.05, 0.1) is 0 Å². The maximum atomic E-state index is 6.04. The van der Waals surface area contributed by atoms with E-state index in [0.29, 0.717) is 6.04 Å². The first-order chi connectivity index (χ1) is 7.59. The lowest BCUT2D eigenvalue weighted by molar-refractivity contribution is 0.625. The minimum absolute atomic E-state index is 0.110. The lowest BCUT2D eigenvalue weighted by Crippen LogP contribution is -2.28. The second kappa shape index (κ2) is 4.46. The number of nitrogens with zero attached hydrogens (tertiary/aromatic N) is 1. The molecule has 16 heavy (non-hydrogen) atoms. The van der Waals surface area contributed by atoms with E-state index in [9.17, 15) is 0 Å². The fourth-order valence-electron chi connectivity index (χ4n) is 2.77. The maximum absolute atomic E-state index is 6.04. The average Bonchev–Trinajstić information content (AvgIpc) is 2.57.